The number of piperidine rings is 1. The molecule has 0 radical (unpaired) electrons. The summed E-state index contributed by atoms with van der Waals surface area (Å²) in [4.78, 5) is 21.7. The Morgan fingerprint density at radius 1 is 1.27 bits per heavy atom. The van der Waals surface area contributed by atoms with Crippen LogP contribution in [0.3, 0.4) is 0 Å². The number of carbonyl (C=O) groups is 1. The number of rotatable bonds is 4. The van der Waals surface area contributed by atoms with Crippen LogP contribution in [0, 0.1) is 0 Å². The number of anilines is 1. The smallest absolute Gasteiger partial charge is 0.416 e. The van der Waals surface area contributed by atoms with E-state index in [1.165, 1.54) is 12.8 Å². The number of pyridine rings is 1. The van der Waals surface area contributed by atoms with Gasteiger partial charge in [0.05, 0.1) is 0 Å². The Balaban J connectivity index is 2.43. The number of hydrogen-bond acceptors (Lipinski definition) is 4. The van der Waals surface area contributed by atoms with Crippen LogP contribution in [0.5, 0.6) is 0 Å². The highest BCUT2D eigenvalue weighted by molar-refractivity contribution is 5.88. The number of hydrogen-bond donors (Lipinski definition) is 0. The average molecular weight is 362 g/mol. The molecule has 1 aliphatic heterocycles. The van der Waals surface area contributed by atoms with Gasteiger partial charge in [0.25, 0.3) is 0 Å². The van der Waals surface area contributed by atoms with Crippen molar-refractivity contribution in [1.82, 2.24) is 9.88 Å². The molecule has 0 bridgehead atoms. The summed E-state index contributed by atoms with van der Waals surface area (Å²) in [6.07, 6.45) is 4.96. The number of likely N-dealkylation sites (tertiary alicyclic amines) is 1. The van der Waals surface area contributed by atoms with E-state index in [0.29, 0.717) is 6.04 Å². The van der Waals surface area contributed by atoms with Gasteiger partial charge in [0.1, 0.15) is 11.4 Å². The highest BCUT2D eigenvalue weighted by atomic mass is 16.6. The summed E-state index contributed by atoms with van der Waals surface area (Å²) < 4.78 is 5.67. The second-order valence-corrected chi connectivity index (χ2v) is 8.70. The van der Waals surface area contributed by atoms with Crippen LogP contribution >= 0.6 is 0 Å². The van der Waals surface area contributed by atoms with Crippen LogP contribution in [0.4, 0.5) is 10.6 Å². The van der Waals surface area contributed by atoms with Crippen LogP contribution in [-0.4, -0.2) is 40.2 Å². The summed E-state index contributed by atoms with van der Waals surface area (Å²) in [5, 5.41) is 0. The van der Waals surface area contributed by atoms with Crippen LogP contribution in [-0.2, 0) is 4.74 Å². The van der Waals surface area contributed by atoms with Crippen molar-refractivity contribution < 1.29 is 9.53 Å². The molecule has 0 aromatic carbocycles. The molecule has 2 heterocycles. The molecule has 1 saturated heterocycles. The summed E-state index contributed by atoms with van der Waals surface area (Å²) in [6, 6.07) is 4.81. The van der Waals surface area contributed by atoms with Crippen LogP contribution in [0.2, 0.25) is 0 Å². The lowest BCUT2D eigenvalue weighted by Gasteiger charge is -2.40. The predicted molar refractivity (Wildman–Crippen MR) is 107 cm³/mol. The van der Waals surface area contributed by atoms with Crippen molar-refractivity contribution in [2.24, 2.45) is 0 Å². The van der Waals surface area contributed by atoms with E-state index in [-0.39, 0.29) is 18.2 Å². The Bertz CT molecular complexity index is 608. The van der Waals surface area contributed by atoms with Gasteiger partial charge in [-0.2, -0.15) is 0 Å². The number of aromatic nitrogens is 1. The first kappa shape index (κ1) is 20.7. The number of amides is 1. The monoisotopic (exact) mass is 361 g/mol. The number of carbonyl (C=O) groups excluding carboxylic acids is 1. The lowest BCUT2D eigenvalue weighted by molar-refractivity contribution is 0.0567. The third-order valence-electron chi connectivity index (χ3n) is 4.72. The summed E-state index contributed by atoms with van der Waals surface area (Å²) in [6.45, 7) is 15.3. The maximum Gasteiger partial charge on any atom is 0.416 e. The Morgan fingerprint density at radius 2 is 1.96 bits per heavy atom. The Morgan fingerprint density at radius 3 is 2.54 bits per heavy atom. The van der Waals surface area contributed by atoms with Crippen molar-refractivity contribution >= 4 is 11.9 Å². The molecular weight excluding hydrogens is 326 g/mol. The fourth-order valence-corrected chi connectivity index (χ4v) is 3.63. The zero-order valence-corrected chi connectivity index (χ0v) is 17.5. The molecular formula is C21H35N3O2. The minimum Gasteiger partial charge on any atom is -0.443 e. The first-order chi connectivity index (χ1) is 12.1. The molecule has 1 fully saturated rings. The molecule has 0 aliphatic carbocycles. The molecule has 0 unspecified atom stereocenters. The molecule has 5 nitrogen and oxygen atoms in total. The third kappa shape index (κ3) is 4.97. The fourth-order valence-electron chi connectivity index (χ4n) is 3.63. The van der Waals surface area contributed by atoms with E-state index in [0.717, 1.165) is 24.3 Å². The van der Waals surface area contributed by atoms with Crippen molar-refractivity contribution in [1.29, 1.82) is 0 Å². The zero-order valence-electron chi connectivity index (χ0n) is 17.5. The molecule has 1 aromatic heterocycles. The molecule has 2 rings (SSSR count). The highest BCUT2D eigenvalue weighted by Crippen LogP contribution is 2.37. The quantitative estimate of drug-likeness (QED) is 0.742. The Labute approximate surface area is 158 Å². The van der Waals surface area contributed by atoms with Crippen molar-refractivity contribution in [2.75, 3.05) is 11.4 Å². The lowest BCUT2D eigenvalue weighted by atomic mass is 9.94. The van der Waals surface area contributed by atoms with Gasteiger partial charge < -0.3 is 4.74 Å². The van der Waals surface area contributed by atoms with Gasteiger partial charge in [0.15, 0.2) is 0 Å². The van der Waals surface area contributed by atoms with E-state index >= 15 is 0 Å². The third-order valence-corrected chi connectivity index (χ3v) is 4.72. The minimum atomic E-state index is -0.534. The first-order valence-corrected chi connectivity index (χ1v) is 9.84. The van der Waals surface area contributed by atoms with Crippen LogP contribution < -0.4 is 4.90 Å². The summed E-state index contributed by atoms with van der Waals surface area (Å²) in [5.74, 6) is 0.731. The van der Waals surface area contributed by atoms with Gasteiger partial charge in [-0.15, -0.1) is 0 Å². The fraction of sp³-hybridized carbons (Fsp3) is 0.714. The molecule has 1 aromatic rings. The molecule has 0 saturated carbocycles. The molecule has 1 atom stereocenters. The van der Waals surface area contributed by atoms with E-state index in [4.69, 9.17) is 4.74 Å². The summed E-state index contributed by atoms with van der Waals surface area (Å²) in [5.41, 5.74) is 0.592. The Kier molecular flexibility index (Phi) is 6.67. The van der Waals surface area contributed by atoms with Gasteiger partial charge in [-0.3, -0.25) is 9.80 Å². The molecule has 0 N–H and O–H groups in total. The van der Waals surface area contributed by atoms with Crippen molar-refractivity contribution in [3.63, 3.8) is 0 Å². The summed E-state index contributed by atoms with van der Waals surface area (Å²) >= 11 is 0. The standard InChI is InChI=1S/C21H35N3O2/c1-15(2)23-14-9-8-12-18(23)17-11-10-13-22-19(17)24(16(3)4)20(25)26-21(5,6)7/h10-11,13,15-16,18H,8-9,12,14H2,1-7H3/t18-/m1/s1. The van der Waals surface area contributed by atoms with E-state index in [1.807, 2.05) is 40.7 Å². The number of ether oxygens (including phenoxy) is 1. The first-order valence-electron chi connectivity index (χ1n) is 9.84. The van der Waals surface area contributed by atoms with Crippen molar-refractivity contribution in [2.45, 2.75) is 91.5 Å². The Hall–Kier alpha value is -1.62. The second-order valence-electron chi connectivity index (χ2n) is 8.70. The molecule has 1 amide bonds. The van der Waals surface area contributed by atoms with Crippen LogP contribution in [0.25, 0.3) is 0 Å². The van der Waals surface area contributed by atoms with Crippen LogP contribution in [0.15, 0.2) is 18.3 Å². The van der Waals surface area contributed by atoms with Gasteiger partial charge in [-0.25, -0.2) is 9.78 Å². The van der Waals surface area contributed by atoms with Gasteiger partial charge in [-0.1, -0.05) is 12.5 Å². The van der Waals surface area contributed by atoms with Crippen molar-refractivity contribution in [3.05, 3.63) is 23.9 Å². The van der Waals surface area contributed by atoms with E-state index < -0.39 is 5.60 Å². The zero-order chi connectivity index (χ0) is 19.5. The molecule has 26 heavy (non-hydrogen) atoms. The molecule has 0 spiro atoms. The van der Waals surface area contributed by atoms with Gasteiger partial charge >= 0.3 is 6.09 Å². The number of nitrogens with zero attached hydrogens (tertiary/aromatic N) is 3. The predicted octanol–water partition coefficient (Wildman–Crippen LogP) is 5.17. The molecule has 1 aliphatic rings. The SMILES string of the molecule is CC(C)N(C(=O)OC(C)(C)C)c1ncccc1[C@H]1CCCCN1C(C)C. The van der Waals surface area contributed by atoms with Crippen LogP contribution in [0.1, 0.15) is 79.3 Å². The van der Waals surface area contributed by atoms with Crippen molar-refractivity contribution in [3.8, 4) is 0 Å². The maximum atomic E-state index is 12.9. The highest BCUT2D eigenvalue weighted by Gasteiger charge is 2.33. The lowest BCUT2D eigenvalue weighted by Crippen LogP contribution is -2.44. The maximum absolute atomic E-state index is 12.9. The van der Waals surface area contributed by atoms with E-state index in [9.17, 15) is 4.79 Å². The summed E-state index contributed by atoms with van der Waals surface area (Å²) in [7, 11) is 0. The minimum absolute atomic E-state index is 0.0328. The normalized spacial score (nSPS) is 19.0. The largest absolute Gasteiger partial charge is 0.443 e. The van der Waals surface area contributed by atoms with Gasteiger partial charge in [0, 0.05) is 29.9 Å². The topological polar surface area (TPSA) is 45.7 Å². The second kappa shape index (κ2) is 8.38. The average Bonchev–Trinajstić information content (AvgIpc) is 2.53. The van der Waals surface area contributed by atoms with E-state index in [1.54, 1.807) is 11.1 Å². The molecule has 5 heteroatoms. The van der Waals surface area contributed by atoms with Gasteiger partial charge in [-0.05, 0) is 73.9 Å². The van der Waals surface area contributed by atoms with Gasteiger partial charge in [0.2, 0.25) is 0 Å². The molecule has 146 valence electrons. The van der Waals surface area contributed by atoms with E-state index in [2.05, 4.69) is 29.8 Å².